The molecule has 0 radical (unpaired) electrons. The van der Waals surface area contributed by atoms with Gasteiger partial charge in [-0.3, -0.25) is 9.59 Å². The standard InChI is InChI=1S/C25H36O5/c1-9-13(3)22(27)29-17-12-25(8)18-15(5)11-16(26)19(25)20(18)24(6,7)21(17)30-23(28)14(4)10-2/h10-11,13,17-21H,9,12H2,1-8H3/b14-10-/t13-,17-,18-,19+,20-,21+,25+/m0/s1. The Labute approximate surface area is 180 Å². The van der Waals surface area contributed by atoms with Crippen LogP contribution in [-0.2, 0) is 23.9 Å². The van der Waals surface area contributed by atoms with E-state index in [-0.39, 0.29) is 40.8 Å². The quantitative estimate of drug-likeness (QED) is 0.482. The maximum atomic E-state index is 13.0. The number of carbonyl (C=O) groups is 3. The topological polar surface area (TPSA) is 69.7 Å². The Morgan fingerprint density at radius 3 is 2.40 bits per heavy atom. The van der Waals surface area contributed by atoms with Gasteiger partial charge in [0.25, 0.3) is 0 Å². The molecule has 30 heavy (non-hydrogen) atoms. The number of allylic oxidation sites excluding steroid dienone is 3. The maximum Gasteiger partial charge on any atom is 0.333 e. The van der Waals surface area contributed by atoms with Gasteiger partial charge in [-0.15, -0.1) is 0 Å². The molecule has 0 spiro atoms. The first kappa shape index (κ1) is 22.8. The summed E-state index contributed by atoms with van der Waals surface area (Å²) in [7, 11) is 0. The van der Waals surface area contributed by atoms with Crippen molar-refractivity contribution < 1.29 is 23.9 Å². The average Bonchev–Trinajstić information content (AvgIpc) is 2.78. The minimum atomic E-state index is -0.606. The highest BCUT2D eigenvalue weighted by atomic mass is 16.6. The van der Waals surface area contributed by atoms with Crippen LogP contribution in [0.25, 0.3) is 0 Å². The van der Waals surface area contributed by atoms with Crippen LogP contribution >= 0.6 is 0 Å². The normalized spacial score (nSPS) is 38.0. The lowest BCUT2D eigenvalue weighted by Gasteiger charge is -2.64. The van der Waals surface area contributed by atoms with Crippen molar-refractivity contribution in [3.05, 3.63) is 23.3 Å². The molecule has 3 fully saturated rings. The Kier molecular flexibility index (Phi) is 5.81. The van der Waals surface area contributed by atoms with Gasteiger partial charge in [0.15, 0.2) is 5.78 Å². The number of ether oxygens (including phenoxy) is 2. The molecule has 4 aliphatic carbocycles. The molecular weight excluding hydrogens is 380 g/mol. The first-order valence-corrected chi connectivity index (χ1v) is 11.2. The fourth-order valence-corrected chi connectivity index (χ4v) is 6.21. The lowest BCUT2D eigenvalue weighted by Crippen LogP contribution is -2.64. The van der Waals surface area contributed by atoms with Crippen molar-refractivity contribution in [2.75, 3.05) is 0 Å². The van der Waals surface area contributed by atoms with Crippen molar-refractivity contribution in [3.8, 4) is 0 Å². The molecule has 4 rings (SSSR count). The van der Waals surface area contributed by atoms with Crippen LogP contribution in [0.2, 0.25) is 0 Å². The number of fused-ring (bicyclic) bond motifs is 3. The summed E-state index contributed by atoms with van der Waals surface area (Å²) in [6.45, 7) is 15.6. The summed E-state index contributed by atoms with van der Waals surface area (Å²) in [6, 6.07) is 0. The van der Waals surface area contributed by atoms with Crippen molar-refractivity contribution in [2.45, 2.75) is 80.4 Å². The highest BCUT2D eigenvalue weighted by Crippen LogP contribution is 2.71. The van der Waals surface area contributed by atoms with Gasteiger partial charge in [0.05, 0.1) is 5.92 Å². The van der Waals surface area contributed by atoms with Crippen molar-refractivity contribution in [1.29, 1.82) is 0 Å². The molecule has 0 amide bonds. The Balaban J connectivity index is 2.05. The van der Waals surface area contributed by atoms with Gasteiger partial charge in [0.2, 0.25) is 0 Å². The Morgan fingerprint density at radius 2 is 1.87 bits per heavy atom. The van der Waals surface area contributed by atoms with Crippen LogP contribution in [0, 0.1) is 34.5 Å². The van der Waals surface area contributed by atoms with Gasteiger partial charge >= 0.3 is 11.9 Å². The van der Waals surface area contributed by atoms with E-state index in [1.54, 1.807) is 26.0 Å². The molecule has 0 aliphatic heterocycles. The van der Waals surface area contributed by atoms with E-state index in [1.807, 2.05) is 20.8 Å². The summed E-state index contributed by atoms with van der Waals surface area (Å²) in [5.74, 6) is -0.573. The zero-order valence-electron chi connectivity index (χ0n) is 19.6. The summed E-state index contributed by atoms with van der Waals surface area (Å²) in [5, 5.41) is 0. The predicted octanol–water partition coefficient (Wildman–Crippen LogP) is 4.65. The summed E-state index contributed by atoms with van der Waals surface area (Å²) in [5.41, 5.74) is 0.815. The van der Waals surface area contributed by atoms with Gasteiger partial charge in [-0.05, 0) is 56.9 Å². The van der Waals surface area contributed by atoms with Crippen molar-refractivity contribution >= 4 is 17.7 Å². The highest BCUT2D eigenvalue weighted by molar-refractivity contribution is 5.96. The summed E-state index contributed by atoms with van der Waals surface area (Å²) >= 11 is 0. The van der Waals surface area contributed by atoms with Crippen molar-refractivity contribution in [2.24, 2.45) is 34.5 Å². The monoisotopic (exact) mass is 416 g/mol. The second kappa shape index (κ2) is 7.65. The van der Waals surface area contributed by atoms with Crippen molar-refractivity contribution in [3.63, 3.8) is 0 Å². The Hall–Kier alpha value is -1.91. The molecule has 0 aromatic heterocycles. The second-order valence-electron chi connectivity index (χ2n) is 10.4. The van der Waals surface area contributed by atoms with Gasteiger partial charge < -0.3 is 9.47 Å². The van der Waals surface area contributed by atoms with Crippen LogP contribution in [0.1, 0.15) is 68.2 Å². The van der Waals surface area contributed by atoms with Gasteiger partial charge in [0, 0.05) is 16.9 Å². The number of carbonyl (C=O) groups excluding carboxylic acids is 3. The van der Waals surface area contributed by atoms with E-state index in [4.69, 9.17) is 9.47 Å². The lowest BCUT2D eigenvalue weighted by molar-refractivity contribution is -0.184. The molecule has 4 aliphatic rings. The predicted molar refractivity (Wildman–Crippen MR) is 114 cm³/mol. The molecule has 0 aromatic carbocycles. The first-order chi connectivity index (χ1) is 13.9. The minimum Gasteiger partial charge on any atom is -0.458 e. The van der Waals surface area contributed by atoms with E-state index in [1.165, 1.54) is 0 Å². The molecular formula is C25H36O5. The number of rotatable bonds is 5. The molecule has 0 saturated heterocycles. The molecule has 0 unspecified atom stereocenters. The first-order valence-electron chi connectivity index (χ1n) is 11.2. The third-order valence-corrected chi connectivity index (χ3v) is 8.15. The minimum absolute atomic E-state index is 0.0658. The van der Waals surface area contributed by atoms with Crippen LogP contribution in [0.4, 0.5) is 0 Å². The zero-order chi connectivity index (χ0) is 22.6. The largest absolute Gasteiger partial charge is 0.458 e. The van der Waals surface area contributed by atoms with Crippen LogP contribution in [0.3, 0.4) is 0 Å². The third kappa shape index (κ3) is 3.25. The number of hydrogen-bond acceptors (Lipinski definition) is 5. The smallest absolute Gasteiger partial charge is 0.333 e. The SMILES string of the molecule is C/C=C(/C)C(=O)O[C@@H]1[C@@H](OC(=O)[C@@H](C)CC)C[C@@]2(C)[C@@H]3C(=O)C=C(C)[C@H]2[C@@H]3C1(C)C. The summed E-state index contributed by atoms with van der Waals surface area (Å²) in [4.78, 5) is 38.4. The van der Waals surface area contributed by atoms with Gasteiger partial charge in [0.1, 0.15) is 12.2 Å². The van der Waals surface area contributed by atoms with Crippen LogP contribution in [0.5, 0.6) is 0 Å². The van der Waals surface area contributed by atoms with Crippen LogP contribution < -0.4 is 0 Å². The zero-order valence-corrected chi connectivity index (χ0v) is 19.6. The second-order valence-corrected chi connectivity index (χ2v) is 10.4. The maximum absolute atomic E-state index is 13.0. The molecule has 166 valence electrons. The summed E-state index contributed by atoms with van der Waals surface area (Å²) < 4.78 is 12.0. The number of esters is 2. The van der Waals surface area contributed by atoms with Crippen molar-refractivity contribution in [1.82, 2.24) is 0 Å². The molecule has 7 atom stereocenters. The molecule has 3 saturated carbocycles. The van der Waals surface area contributed by atoms with E-state index >= 15 is 0 Å². The highest BCUT2D eigenvalue weighted by Gasteiger charge is 2.72. The average molecular weight is 417 g/mol. The van der Waals surface area contributed by atoms with E-state index < -0.39 is 23.6 Å². The molecule has 0 heterocycles. The fourth-order valence-electron chi connectivity index (χ4n) is 6.21. The molecule has 5 nitrogen and oxygen atoms in total. The van der Waals surface area contributed by atoms with Gasteiger partial charge in [-0.1, -0.05) is 46.3 Å². The summed E-state index contributed by atoms with van der Waals surface area (Å²) in [6.07, 6.45) is 3.53. The number of hydrogen-bond donors (Lipinski definition) is 0. The molecule has 0 N–H and O–H groups in total. The fraction of sp³-hybridized carbons (Fsp3) is 0.720. The Morgan fingerprint density at radius 1 is 1.23 bits per heavy atom. The van der Waals surface area contributed by atoms with E-state index in [2.05, 4.69) is 20.8 Å². The molecule has 5 heteroatoms. The van der Waals surface area contributed by atoms with Gasteiger partial charge in [-0.25, -0.2) is 4.79 Å². The number of ketones is 1. The molecule has 4 bridgehead atoms. The Bertz CT molecular complexity index is 819. The van der Waals surface area contributed by atoms with Gasteiger partial charge in [-0.2, -0.15) is 0 Å². The van der Waals surface area contributed by atoms with Crippen LogP contribution in [-0.4, -0.2) is 29.9 Å². The van der Waals surface area contributed by atoms with E-state index in [0.717, 1.165) is 5.57 Å². The lowest BCUT2D eigenvalue weighted by atomic mass is 9.38. The van der Waals surface area contributed by atoms with E-state index in [0.29, 0.717) is 18.4 Å². The van der Waals surface area contributed by atoms with E-state index in [9.17, 15) is 14.4 Å². The third-order valence-electron chi connectivity index (χ3n) is 8.15. The van der Waals surface area contributed by atoms with Crippen LogP contribution in [0.15, 0.2) is 23.3 Å². The molecule has 0 aromatic rings.